The van der Waals surface area contributed by atoms with E-state index in [0.717, 1.165) is 37.7 Å². The highest BCUT2D eigenvalue weighted by atomic mass is 32.1. The van der Waals surface area contributed by atoms with E-state index in [1.807, 2.05) is 6.92 Å². The Labute approximate surface area is 91.6 Å². The molecule has 1 fully saturated rings. The molecule has 0 aliphatic carbocycles. The molecule has 0 aromatic carbocycles. The van der Waals surface area contributed by atoms with Gasteiger partial charge in [0, 0.05) is 25.8 Å². The molecule has 14 heavy (non-hydrogen) atoms. The summed E-state index contributed by atoms with van der Waals surface area (Å²) in [6.07, 6.45) is 2.28. The topological polar surface area (TPSA) is 33.3 Å². The summed E-state index contributed by atoms with van der Waals surface area (Å²) < 4.78 is 5.33. The fourth-order valence-electron chi connectivity index (χ4n) is 1.75. The molecule has 0 saturated carbocycles. The standard InChI is InChI=1S/C10H20N2OS/c1-3-11-10(14)12-8(2)9-4-6-13-7-5-9/h8-9H,3-7H2,1-2H3,(H2,11,12,14). The Morgan fingerprint density at radius 2 is 2.14 bits per heavy atom. The predicted molar refractivity (Wildman–Crippen MR) is 62.4 cm³/mol. The monoisotopic (exact) mass is 216 g/mol. The third-order valence-electron chi connectivity index (χ3n) is 2.67. The Balaban J connectivity index is 2.25. The van der Waals surface area contributed by atoms with Gasteiger partial charge < -0.3 is 15.4 Å². The van der Waals surface area contributed by atoms with Gasteiger partial charge in [-0.05, 0) is 44.8 Å². The molecule has 82 valence electrons. The molecule has 0 amide bonds. The van der Waals surface area contributed by atoms with Gasteiger partial charge in [0.2, 0.25) is 0 Å². The fraction of sp³-hybridized carbons (Fsp3) is 0.900. The summed E-state index contributed by atoms with van der Waals surface area (Å²) in [5.74, 6) is 0.695. The third kappa shape index (κ3) is 3.80. The zero-order chi connectivity index (χ0) is 10.4. The zero-order valence-corrected chi connectivity index (χ0v) is 9.82. The van der Waals surface area contributed by atoms with Crippen molar-refractivity contribution in [3.05, 3.63) is 0 Å². The minimum Gasteiger partial charge on any atom is -0.381 e. The van der Waals surface area contributed by atoms with E-state index >= 15 is 0 Å². The first-order chi connectivity index (χ1) is 6.74. The van der Waals surface area contributed by atoms with E-state index in [1.165, 1.54) is 0 Å². The minimum absolute atomic E-state index is 0.449. The molecule has 0 aromatic rings. The van der Waals surface area contributed by atoms with Crippen molar-refractivity contribution in [2.24, 2.45) is 5.92 Å². The van der Waals surface area contributed by atoms with Crippen molar-refractivity contribution >= 4 is 17.3 Å². The van der Waals surface area contributed by atoms with Crippen LogP contribution in [-0.4, -0.2) is 30.9 Å². The van der Waals surface area contributed by atoms with E-state index in [9.17, 15) is 0 Å². The van der Waals surface area contributed by atoms with Crippen molar-refractivity contribution in [1.82, 2.24) is 10.6 Å². The summed E-state index contributed by atoms with van der Waals surface area (Å²) in [5, 5.41) is 7.19. The lowest BCUT2D eigenvalue weighted by atomic mass is 9.93. The zero-order valence-electron chi connectivity index (χ0n) is 9.01. The molecule has 0 spiro atoms. The first-order valence-electron chi connectivity index (χ1n) is 5.36. The fourth-order valence-corrected chi connectivity index (χ4v) is 2.08. The number of hydrogen-bond acceptors (Lipinski definition) is 2. The van der Waals surface area contributed by atoms with Gasteiger partial charge in [0.1, 0.15) is 0 Å². The van der Waals surface area contributed by atoms with E-state index in [-0.39, 0.29) is 0 Å². The van der Waals surface area contributed by atoms with Crippen LogP contribution in [-0.2, 0) is 4.74 Å². The van der Waals surface area contributed by atoms with Crippen LogP contribution in [0.5, 0.6) is 0 Å². The Bertz CT molecular complexity index is 181. The Morgan fingerprint density at radius 3 is 2.71 bits per heavy atom. The molecule has 0 radical (unpaired) electrons. The van der Waals surface area contributed by atoms with Gasteiger partial charge >= 0.3 is 0 Å². The molecule has 2 N–H and O–H groups in total. The summed E-state index contributed by atoms with van der Waals surface area (Å²) in [7, 11) is 0. The second-order valence-corrected chi connectivity index (χ2v) is 4.15. The second kappa shape index (κ2) is 6.19. The molecule has 1 atom stereocenters. The quantitative estimate of drug-likeness (QED) is 0.696. The van der Waals surface area contributed by atoms with Gasteiger partial charge in [0.25, 0.3) is 0 Å². The third-order valence-corrected chi connectivity index (χ3v) is 2.93. The maximum absolute atomic E-state index is 5.33. The first kappa shape index (κ1) is 11.7. The maximum atomic E-state index is 5.33. The lowest BCUT2D eigenvalue weighted by Gasteiger charge is -2.29. The largest absolute Gasteiger partial charge is 0.381 e. The van der Waals surface area contributed by atoms with Gasteiger partial charge in [-0.25, -0.2) is 0 Å². The van der Waals surface area contributed by atoms with Gasteiger partial charge in [-0.15, -0.1) is 0 Å². The molecule has 0 bridgehead atoms. The van der Waals surface area contributed by atoms with E-state index in [4.69, 9.17) is 17.0 Å². The van der Waals surface area contributed by atoms with Crippen molar-refractivity contribution in [3.8, 4) is 0 Å². The number of ether oxygens (including phenoxy) is 1. The molecule has 1 aliphatic rings. The van der Waals surface area contributed by atoms with E-state index in [1.54, 1.807) is 0 Å². The van der Waals surface area contributed by atoms with Crippen molar-refractivity contribution < 1.29 is 4.74 Å². The normalized spacial score (nSPS) is 20.1. The Morgan fingerprint density at radius 1 is 1.50 bits per heavy atom. The molecule has 3 nitrogen and oxygen atoms in total. The summed E-state index contributed by atoms with van der Waals surface area (Å²) in [6, 6.07) is 0.449. The molecule has 1 unspecified atom stereocenters. The van der Waals surface area contributed by atoms with Crippen LogP contribution in [0, 0.1) is 5.92 Å². The second-order valence-electron chi connectivity index (χ2n) is 3.74. The van der Waals surface area contributed by atoms with Crippen LogP contribution in [0.2, 0.25) is 0 Å². The maximum Gasteiger partial charge on any atom is 0.166 e. The molecule has 1 heterocycles. The van der Waals surface area contributed by atoms with Gasteiger partial charge in [-0.3, -0.25) is 0 Å². The minimum atomic E-state index is 0.449. The van der Waals surface area contributed by atoms with Crippen molar-refractivity contribution in [2.45, 2.75) is 32.7 Å². The lowest BCUT2D eigenvalue weighted by molar-refractivity contribution is 0.0582. The van der Waals surface area contributed by atoms with Crippen molar-refractivity contribution in [2.75, 3.05) is 19.8 Å². The van der Waals surface area contributed by atoms with Crippen LogP contribution in [0.4, 0.5) is 0 Å². The smallest absolute Gasteiger partial charge is 0.166 e. The molecule has 4 heteroatoms. The molecular weight excluding hydrogens is 196 g/mol. The van der Waals surface area contributed by atoms with Crippen molar-refractivity contribution in [3.63, 3.8) is 0 Å². The highest BCUT2D eigenvalue weighted by Crippen LogP contribution is 2.18. The number of thiocarbonyl (C=S) groups is 1. The summed E-state index contributed by atoms with van der Waals surface area (Å²) in [5.41, 5.74) is 0. The highest BCUT2D eigenvalue weighted by Gasteiger charge is 2.20. The van der Waals surface area contributed by atoms with Gasteiger partial charge in [-0.1, -0.05) is 0 Å². The SMILES string of the molecule is CCNC(=S)NC(C)C1CCOCC1. The Kier molecular flexibility index (Phi) is 5.19. The lowest BCUT2D eigenvalue weighted by Crippen LogP contribution is -2.45. The summed E-state index contributed by atoms with van der Waals surface area (Å²) >= 11 is 5.15. The molecule has 1 aliphatic heterocycles. The van der Waals surface area contributed by atoms with Crippen LogP contribution in [0.3, 0.4) is 0 Å². The first-order valence-corrected chi connectivity index (χ1v) is 5.77. The van der Waals surface area contributed by atoms with E-state index < -0.39 is 0 Å². The molecule has 1 rings (SSSR count). The summed E-state index contributed by atoms with van der Waals surface area (Å²) in [6.45, 7) is 6.91. The number of hydrogen-bond donors (Lipinski definition) is 2. The summed E-state index contributed by atoms with van der Waals surface area (Å²) in [4.78, 5) is 0. The molecular formula is C10H20N2OS. The molecule has 0 aromatic heterocycles. The number of rotatable bonds is 3. The van der Waals surface area contributed by atoms with E-state index in [0.29, 0.717) is 12.0 Å². The van der Waals surface area contributed by atoms with Crippen LogP contribution >= 0.6 is 12.2 Å². The van der Waals surface area contributed by atoms with Gasteiger partial charge in [0.05, 0.1) is 0 Å². The van der Waals surface area contributed by atoms with Crippen LogP contribution in [0.1, 0.15) is 26.7 Å². The van der Waals surface area contributed by atoms with Gasteiger partial charge in [0.15, 0.2) is 5.11 Å². The van der Waals surface area contributed by atoms with Gasteiger partial charge in [-0.2, -0.15) is 0 Å². The highest BCUT2D eigenvalue weighted by molar-refractivity contribution is 7.80. The Hall–Kier alpha value is -0.350. The molecule has 1 saturated heterocycles. The van der Waals surface area contributed by atoms with Crippen LogP contribution < -0.4 is 10.6 Å². The van der Waals surface area contributed by atoms with E-state index in [2.05, 4.69) is 17.6 Å². The predicted octanol–water partition coefficient (Wildman–Crippen LogP) is 1.29. The van der Waals surface area contributed by atoms with Crippen LogP contribution in [0.15, 0.2) is 0 Å². The average Bonchev–Trinajstić information content (AvgIpc) is 2.19. The number of nitrogens with one attached hydrogen (secondary N) is 2. The van der Waals surface area contributed by atoms with Crippen molar-refractivity contribution in [1.29, 1.82) is 0 Å². The van der Waals surface area contributed by atoms with Crippen LogP contribution in [0.25, 0.3) is 0 Å². The average molecular weight is 216 g/mol.